The Morgan fingerprint density at radius 3 is 1.76 bits per heavy atom. The summed E-state index contributed by atoms with van der Waals surface area (Å²) in [5, 5.41) is 19.0. The lowest BCUT2D eigenvalue weighted by atomic mass is 9.87. The van der Waals surface area contributed by atoms with Crippen molar-refractivity contribution in [3.05, 3.63) is 46.5 Å². The fourth-order valence-corrected chi connectivity index (χ4v) is 3.20. The molecule has 25 heavy (non-hydrogen) atoms. The molecule has 0 saturated heterocycles. The van der Waals surface area contributed by atoms with Gasteiger partial charge in [0.15, 0.2) is 0 Å². The average molecular weight is 341 g/mol. The van der Waals surface area contributed by atoms with Gasteiger partial charge in [0.1, 0.15) is 0 Å². The van der Waals surface area contributed by atoms with Gasteiger partial charge in [-0.3, -0.25) is 14.5 Å². The van der Waals surface area contributed by atoms with E-state index >= 15 is 0 Å². The molecular formula is C17H11NO7. The minimum absolute atomic E-state index is 0.111. The SMILES string of the molecule is O=C1OC(=O)c2ccc3c4c(ccc1c24)C(=O)N(C[C@H](O)CO)C3=O. The second kappa shape index (κ2) is 5.20. The van der Waals surface area contributed by atoms with Crippen molar-refractivity contribution in [2.75, 3.05) is 13.2 Å². The zero-order valence-electron chi connectivity index (χ0n) is 12.7. The van der Waals surface area contributed by atoms with Crippen LogP contribution in [0.1, 0.15) is 41.4 Å². The topological polar surface area (TPSA) is 121 Å². The van der Waals surface area contributed by atoms with Crippen LogP contribution in [-0.4, -0.2) is 58.1 Å². The quantitative estimate of drug-likeness (QED) is 0.461. The molecule has 1 atom stereocenters. The summed E-state index contributed by atoms with van der Waals surface area (Å²) in [7, 11) is 0. The highest BCUT2D eigenvalue weighted by atomic mass is 16.6. The first kappa shape index (κ1) is 15.4. The number of rotatable bonds is 3. The smallest absolute Gasteiger partial charge is 0.346 e. The third-order valence-electron chi connectivity index (χ3n) is 4.34. The Kier molecular flexibility index (Phi) is 3.21. The van der Waals surface area contributed by atoms with Crippen LogP contribution in [0.4, 0.5) is 0 Å². The van der Waals surface area contributed by atoms with Crippen LogP contribution < -0.4 is 0 Å². The molecule has 126 valence electrons. The van der Waals surface area contributed by atoms with Gasteiger partial charge in [-0.05, 0) is 24.3 Å². The third-order valence-corrected chi connectivity index (χ3v) is 4.34. The van der Waals surface area contributed by atoms with Gasteiger partial charge in [0.05, 0.1) is 30.4 Å². The molecule has 0 fully saturated rings. The zero-order valence-corrected chi connectivity index (χ0v) is 12.7. The largest absolute Gasteiger partial charge is 0.394 e. The number of imide groups is 1. The Labute approximate surface area is 140 Å². The molecule has 4 rings (SSSR count). The molecule has 2 amide bonds. The van der Waals surface area contributed by atoms with Crippen LogP contribution in [0, 0.1) is 0 Å². The van der Waals surface area contributed by atoms with E-state index in [0.29, 0.717) is 0 Å². The molecule has 2 heterocycles. The van der Waals surface area contributed by atoms with Gasteiger partial charge < -0.3 is 14.9 Å². The fraction of sp³-hybridized carbons (Fsp3) is 0.176. The number of esters is 2. The van der Waals surface area contributed by atoms with Crippen molar-refractivity contribution in [1.29, 1.82) is 0 Å². The summed E-state index contributed by atoms with van der Waals surface area (Å²) in [5.41, 5.74) is 0.505. The normalized spacial score (nSPS) is 17.1. The molecule has 2 aliphatic heterocycles. The van der Waals surface area contributed by atoms with Gasteiger partial charge in [-0.15, -0.1) is 0 Å². The van der Waals surface area contributed by atoms with Crippen molar-refractivity contribution >= 4 is 34.5 Å². The van der Waals surface area contributed by atoms with E-state index in [1.165, 1.54) is 24.3 Å². The van der Waals surface area contributed by atoms with Gasteiger partial charge in [-0.1, -0.05) is 0 Å². The lowest BCUT2D eigenvalue weighted by molar-refractivity contribution is 0.0373. The number of benzene rings is 2. The maximum atomic E-state index is 12.7. The standard InChI is InChI=1S/C17H11NO7/c19-6-7(20)5-18-14(21)8-1-3-10-13-11(17(24)25-16(10)23)4-2-9(12(8)13)15(18)22/h1-4,7,19-20H,5-6H2/t7-/m0/s1. The predicted molar refractivity (Wildman–Crippen MR) is 82.2 cm³/mol. The van der Waals surface area contributed by atoms with Crippen molar-refractivity contribution in [1.82, 2.24) is 4.90 Å². The maximum Gasteiger partial charge on any atom is 0.346 e. The van der Waals surface area contributed by atoms with E-state index < -0.39 is 36.5 Å². The van der Waals surface area contributed by atoms with Crippen LogP contribution in [0.2, 0.25) is 0 Å². The summed E-state index contributed by atoms with van der Waals surface area (Å²) in [6, 6.07) is 5.51. The first-order valence-electron chi connectivity index (χ1n) is 7.45. The van der Waals surface area contributed by atoms with Gasteiger partial charge >= 0.3 is 11.9 Å². The minimum atomic E-state index is -1.26. The second-order valence-electron chi connectivity index (χ2n) is 5.81. The zero-order chi connectivity index (χ0) is 17.9. The number of aliphatic hydroxyl groups is 2. The van der Waals surface area contributed by atoms with Crippen LogP contribution in [0.25, 0.3) is 10.8 Å². The number of nitrogens with zero attached hydrogens (tertiary/aromatic N) is 1. The highest BCUT2D eigenvalue weighted by molar-refractivity contribution is 6.31. The fourth-order valence-electron chi connectivity index (χ4n) is 3.20. The molecule has 8 heteroatoms. The molecular weight excluding hydrogens is 330 g/mol. The summed E-state index contributed by atoms with van der Waals surface area (Å²) in [4.78, 5) is 50.1. The maximum absolute atomic E-state index is 12.7. The van der Waals surface area contributed by atoms with Crippen LogP contribution in [0.15, 0.2) is 24.3 Å². The first-order valence-corrected chi connectivity index (χ1v) is 7.45. The van der Waals surface area contributed by atoms with Crippen molar-refractivity contribution < 1.29 is 34.1 Å². The second-order valence-corrected chi connectivity index (χ2v) is 5.81. The number of aliphatic hydroxyl groups excluding tert-OH is 2. The number of hydrogen-bond acceptors (Lipinski definition) is 7. The molecule has 0 aliphatic carbocycles. The van der Waals surface area contributed by atoms with Crippen molar-refractivity contribution in [3.8, 4) is 0 Å². The number of carbonyl (C=O) groups is 4. The predicted octanol–water partition coefficient (Wildman–Crippen LogP) is 0.0996. The van der Waals surface area contributed by atoms with E-state index in [4.69, 9.17) is 5.11 Å². The highest BCUT2D eigenvalue weighted by Gasteiger charge is 2.38. The van der Waals surface area contributed by atoms with Crippen LogP contribution in [0.5, 0.6) is 0 Å². The number of ether oxygens (including phenoxy) is 1. The molecule has 2 aliphatic rings. The lowest BCUT2D eigenvalue weighted by Gasteiger charge is -2.29. The molecule has 2 N–H and O–H groups in total. The van der Waals surface area contributed by atoms with Crippen molar-refractivity contribution in [3.63, 3.8) is 0 Å². The molecule has 8 nitrogen and oxygen atoms in total. The summed E-state index contributed by atoms with van der Waals surface area (Å²) in [6.07, 6.45) is -1.26. The van der Waals surface area contributed by atoms with E-state index in [-0.39, 0.29) is 39.6 Å². The Balaban J connectivity index is 2.00. The molecule has 2 aromatic rings. The summed E-state index contributed by atoms with van der Waals surface area (Å²) in [5.74, 6) is -3.00. The van der Waals surface area contributed by atoms with Crippen molar-refractivity contribution in [2.24, 2.45) is 0 Å². The molecule has 0 unspecified atom stereocenters. The Bertz CT molecular complexity index is 925. The number of hydrogen-bond donors (Lipinski definition) is 2. The number of cyclic esters (lactones) is 2. The average Bonchev–Trinajstić information content (AvgIpc) is 2.61. The summed E-state index contributed by atoms with van der Waals surface area (Å²) >= 11 is 0. The van der Waals surface area contributed by atoms with Gasteiger partial charge in [-0.2, -0.15) is 0 Å². The van der Waals surface area contributed by atoms with E-state index in [1.54, 1.807) is 0 Å². The minimum Gasteiger partial charge on any atom is -0.394 e. The van der Waals surface area contributed by atoms with E-state index in [2.05, 4.69) is 4.74 Å². The number of carbonyl (C=O) groups excluding carboxylic acids is 4. The van der Waals surface area contributed by atoms with Gasteiger partial charge in [0.2, 0.25) is 0 Å². The molecule has 0 radical (unpaired) electrons. The van der Waals surface area contributed by atoms with E-state index in [1.807, 2.05) is 0 Å². The Hall–Kier alpha value is -3.10. The van der Waals surface area contributed by atoms with Crippen molar-refractivity contribution in [2.45, 2.75) is 6.10 Å². The Morgan fingerprint density at radius 2 is 1.28 bits per heavy atom. The monoisotopic (exact) mass is 341 g/mol. The number of amides is 2. The third kappa shape index (κ3) is 2.01. The van der Waals surface area contributed by atoms with Crippen LogP contribution in [0.3, 0.4) is 0 Å². The van der Waals surface area contributed by atoms with E-state index in [9.17, 15) is 24.3 Å². The molecule has 0 bridgehead atoms. The summed E-state index contributed by atoms with van der Waals surface area (Å²) < 4.78 is 4.66. The number of β-amino-alcohol motifs (C(OH)–C–C–N with tert-alkyl or cyclic N) is 1. The van der Waals surface area contributed by atoms with Gasteiger partial charge in [0, 0.05) is 21.9 Å². The lowest BCUT2D eigenvalue weighted by Crippen LogP contribution is -2.45. The summed E-state index contributed by atoms with van der Waals surface area (Å²) in [6.45, 7) is -0.961. The molecule has 0 saturated carbocycles. The van der Waals surface area contributed by atoms with Gasteiger partial charge in [0.25, 0.3) is 11.8 Å². The highest BCUT2D eigenvalue weighted by Crippen LogP contribution is 2.37. The van der Waals surface area contributed by atoms with Gasteiger partial charge in [-0.25, -0.2) is 9.59 Å². The molecule has 0 aromatic heterocycles. The van der Waals surface area contributed by atoms with E-state index in [0.717, 1.165) is 4.90 Å². The van der Waals surface area contributed by atoms with Crippen LogP contribution >= 0.6 is 0 Å². The molecule has 2 aromatic carbocycles. The first-order chi connectivity index (χ1) is 11.9. The Morgan fingerprint density at radius 1 is 0.840 bits per heavy atom. The van der Waals surface area contributed by atoms with Crippen LogP contribution in [-0.2, 0) is 4.74 Å². The molecule has 0 spiro atoms.